The maximum Gasteiger partial charge on any atom is 0.414 e. The van der Waals surface area contributed by atoms with Crippen LogP contribution in [0.5, 0.6) is 0 Å². The van der Waals surface area contributed by atoms with E-state index in [9.17, 15) is 14.9 Å². The highest BCUT2D eigenvalue weighted by molar-refractivity contribution is 9.08. The number of nitro groups is 1. The summed E-state index contributed by atoms with van der Waals surface area (Å²) < 4.78 is 5.00. The molecular formula is C22H20BrCl2N3O4. The molecule has 0 saturated heterocycles. The van der Waals surface area contributed by atoms with Crippen LogP contribution in [-0.2, 0) is 16.6 Å². The molecular weight excluding hydrogens is 521 g/mol. The van der Waals surface area contributed by atoms with Crippen molar-refractivity contribution in [1.29, 1.82) is 0 Å². The minimum Gasteiger partial charge on any atom is -0.449 e. The number of pyridine rings is 1. The van der Waals surface area contributed by atoms with Crippen molar-refractivity contribution >= 4 is 56.6 Å². The van der Waals surface area contributed by atoms with E-state index >= 15 is 0 Å². The Morgan fingerprint density at radius 3 is 2.12 bits per heavy atom. The van der Waals surface area contributed by atoms with E-state index in [0.29, 0.717) is 0 Å². The average molecular weight is 541 g/mol. The normalized spacial score (nSPS) is 10.0. The molecule has 3 aromatic rings. The number of hydrogen-bond donors (Lipinski definition) is 0. The van der Waals surface area contributed by atoms with Gasteiger partial charge in [0.1, 0.15) is 10.8 Å². The van der Waals surface area contributed by atoms with Gasteiger partial charge in [0.2, 0.25) is 5.15 Å². The second-order valence-electron chi connectivity index (χ2n) is 6.25. The molecule has 3 rings (SSSR count). The molecule has 168 valence electrons. The summed E-state index contributed by atoms with van der Waals surface area (Å²) in [6.45, 7) is 1.81. The van der Waals surface area contributed by atoms with E-state index in [4.69, 9.17) is 27.9 Å². The topological polar surface area (TPSA) is 85.6 Å². The van der Waals surface area contributed by atoms with Crippen LogP contribution in [0.3, 0.4) is 0 Å². The van der Waals surface area contributed by atoms with Gasteiger partial charge < -0.3 is 4.74 Å². The molecule has 1 aromatic heterocycles. The monoisotopic (exact) mass is 539 g/mol. The lowest BCUT2D eigenvalue weighted by Crippen LogP contribution is -2.31. The number of carbonyl (C=O) groups excluding carboxylic acids is 1. The van der Waals surface area contributed by atoms with Gasteiger partial charge in [-0.3, -0.25) is 15.0 Å². The number of anilines is 1. The maximum absolute atomic E-state index is 12.3. The number of amides is 1. The highest BCUT2D eigenvalue weighted by Gasteiger charge is 2.30. The molecule has 0 aliphatic heterocycles. The Hall–Kier alpha value is -2.68. The van der Waals surface area contributed by atoms with Crippen LogP contribution in [0.15, 0.2) is 66.7 Å². The van der Waals surface area contributed by atoms with Crippen LogP contribution < -0.4 is 4.90 Å². The predicted molar refractivity (Wildman–Crippen MR) is 130 cm³/mol. The Kier molecular flexibility index (Phi) is 10.4. The first-order valence-corrected chi connectivity index (χ1v) is 11.3. The van der Waals surface area contributed by atoms with Crippen molar-refractivity contribution in [3.63, 3.8) is 0 Å². The first kappa shape index (κ1) is 25.6. The first-order valence-electron chi connectivity index (χ1n) is 9.45. The Morgan fingerprint density at radius 1 is 1.09 bits per heavy atom. The van der Waals surface area contributed by atoms with Crippen LogP contribution in [-0.4, -0.2) is 22.6 Å². The van der Waals surface area contributed by atoms with Crippen molar-refractivity contribution in [1.82, 2.24) is 4.98 Å². The summed E-state index contributed by atoms with van der Waals surface area (Å²) in [6.07, 6.45) is -0.747. The first-order chi connectivity index (χ1) is 15.4. The molecule has 1 amide bonds. The van der Waals surface area contributed by atoms with Crippen molar-refractivity contribution < 1.29 is 14.5 Å². The van der Waals surface area contributed by atoms with Gasteiger partial charge in [0.25, 0.3) is 0 Å². The summed E-state index contributed by atoms with van der Waals surface area (Å²) in [5.41, 5.74) is 1.49. The van der Waals surface area contributed by atoms with Crippen LogP contribution in [0.25, 0.3) is 0 Å². The molecule has 0 unspecified atom stereocenters. The number of carbonyl (C=O) groups is 1. The molecule has 32 heavy (non-hydrogen) atoms. The van der Waals surface area contributed by atoms with E-state index in [1.165, 1.54) is 11.6 Å². The molecule has 0 bridgehead atoms. The van der Waals surface area contributed by atoms with Gasteiger partial charge in [-0.2, -0.15) is 0 Å². The van der Waals surface area contributed by atoms with Gasteiger partial charge in [0.15, 0.2) is 0 Å². The predicted octanol–water partition coefficient (Wildman–Crippen LogP) is 7.04. The van der Waals surface area contributed by atoms with Gasteiger partial charge in [-0.15, -0.1) is 0 Å². The fourth-order valence-corrected chi connectivity index (χ4v) is 3.48. The molecule has 7 nitrogen and oxygen atoms in total. The number of ether oxygens (including phenoxy) is 1. The van der Waals surface area contributed by atoms with Gasteiger partial charge in [-0.25, -0.2) is 9.78 Å². The molecule has 0 fully saturated rings. The molecule has 2 aromatic carbocycles. The molecule has 0 N–H and O–H groups in total. The number of alkyl halides is 1. The van der Waals surface area contributed by atoms with E-state index in [1.807, 2.05) is 24.3 Å². The third-order valence-electron chi connectivity index (χ3n) is 4.04. The zero-order chi connectivity index (χ0) is 23.5. The standard InChI is InChI=1S/C15H13Cl2N3O4.C7H7Br/c1-2-24-15(21)19(9-10-6-4-3-5-7-10)11-8-12(16)18-14(17)13(11)20(22)23;8-6-7-4-2-1-3-5-7/h3-8H,2,9H2,1H3;1-5H,6H2. The molecule has 0 aliphatic carbocycles. The third-order valence-corrected chi connectivity index (χ3v) is 5.15. The summed E-state index contributed by atoms with van der Waals surface area (Å²) in [5.74, 6) is 0. The lowest BCUT2D eigenvalue weighted by molar-refractivity contribution is -0.384. The summed E-state index contributed by atoms with van der Waals surface area (Å²) in [5, 5.41) is 11.8. The molecule has 1 heterocycles. The van der Waals surface area contributed by atoms with E-state index in [0.717, 1.165) is 15.8 Å². The van der Waals surface area contributed by atoms with Gasteiger partial charge in [-0.05, 0) is 18.1 Å². The van der Waals surface area contributed by atoms with Crippen molar-refractivity contribution in [2.45, 2.75) is 18.8 Å². The number of aromatic nitrogens is 1. The van der Waals surface area contributed by atoms with Gasteiger partial charge >= 0.3 is 11.8 Å². The minimum absolute atomic E-state index is 0.0528. The van der Waals surface area contributed by atoms with Crippen molar-refractivity contribution in [3.8, 4) is 0 Å². The van der Waals surface area contributed by atoms with Gasteiger partial charge in [0, 0.05) is 11.4 Å². The van der Waals surface area contributed by atoms with Gasteiger partial charge in [0.05, 0.1) is 18.1 Å². The van der Waals surface area contributed by atoms with Gasteiger partial charge in [-0.1, -0.05) is 99.8 Å². The quantitative estimate of drug-likeness (QED) is 0.145. The minimum atomic E-state index is -0.747. The summed E-state index contributed by atoms with van der Waals surface area (Å²) in [4.78, 5) is 27.7. The zero-order valence-electron chi connectivity index (χ0n) is 17.1. The number of halogens is 3. The summed E-state index contributed by atoms with van der Waals surface area (Å²) in [7, 11) is 0. The molecule has 0 aliphatic rings. The van der Waals surface area contributed by atoms with E-state index in [1.54, 1.807) is 31.2 Å². The van der Waals surface area contributed by atoms with Crippen molar-refractivity contribution in [3.05, 3.63) is 98.3 Å². The number of rotatable bonds is 6. The molecule has 0 spiro atoms. The maximum atomic E-state index is 12.3. The molecule has 0 radical (unpaired) electrons. The van der Waals surface area contributed by atoms with E-state index < -0.39 is 21.9 Å². The molecule has 0 saturated carbocycles. The number of hydrogen-bond acceptors (Lipinski definition) is 5. The number of nitrogens with zero attached hydrogens (tertiary/aromatic N) is 3. The fourth-order valence-electron chi connectivity index (χ4n) is 2.62. The fraction of sp³-hybridized carbons (Fsp3) is 0.182. The smallest absolute Gasteiger partial charge is 0.414 e. The van der Waals surface area contributed by atoms with Crippen LogP contribution in [0.1, 0.15) is 18.1 Å². The van der Waals surface area contributed by atoms with Crippen molar-refractivity contribution in [2.24, 2.45) is 0 Å². The number of benzene rings is 2. The molecule has 10 heteroatoms. The zero-order valence-corrected chi connectivity index (χ0v) is 20.2. The highest BCUT2D eigenvalue weighted by atomic mass is 79.9. The molecule has 0 atom stereocenters. The SMILES string of the molecule is BrCc1ccccc1.CCOC(=O)N(Cc1ccccc1)c1cc(Cl)nc(Cl)c1[N+](=O)[O-]. The highest BCUT2D eigenvalue weighted by Crippen LogP contribution is 2.37. The van der Waals surface area contributed by atoms with Crippen LogP contribution in [0, 0.1) is 10.1 Å². The van der Waals surface area contributed by atoms with Crippen LogP contribution in [0.4, 0.5) is 16.2 Å². The average Bonchev–Trinajstić information content (AvgIpc) is 2.78. The van der Waals surface area contributed by atoms with Crippen LogP contribution >= 0.6 is 39.1 Å². The van der Waals surface area contributed by atoms with Crippen LogP contribution in [0.2, 0.25) is 10.3 Å². The third kappa shape index (κ3) is 7.47. The summed E-state index contributed by atoms with van der Waals surface area (Å²) in [6, 6.07) is 20.5. The second kappa shape index (κ2) is 13.0. The Balaban J connectivity index is 0.000000380. The van der Waals surface area contributed by atoms with E-state index in [-0.39, 0.29) is 24.0 Å². The van der Waals surface area contributed by atoms with Crippen molar-refractivity contribution in [2.75, 3.05) is 11.5 Å². The Morgan fingerprint density at radius 2 is 1.66 bits per heavy atom. The lowest BCUT2D eigenvalue weighted by Gasteiger charge is -2.22. The summed E-state index contributed by atoms with van der Waals surface area (Å²) >= 11 is 15.1. The van der Waals surface area contributed by atoms with E-state index in [2.05, 4.69) is 33.0 Å². The largest absolute Gasteiger partial charge is 0.449 e. The second-order valence-corrected chi connectivity index (χ2v) is 7.56. The Bertz CT molecular complexity index is 1040. The Labute approximate surface area is 204 Å². The lowest BCUT2D eigenvalue weighted by atomic mass is 10.2.